The molecule has 0 saturated heterocycles. The van der Waals surface area contributed by atoms with E-state index in [-0.39, 0.29) is 11.9 Å². The molecule has 0 heterocycles. The van der Waals surface area contributed by atoms with Crippen molar-refractivity contribution in [1.29, 1.82) is 0 Å². The van der Waals surface area contributed by atoms with Crippen LogP contribution in [0.1, 0.15) is 46.5 Å². The van der Waals surface area contributed by atoms with Gasteiger partial charge < -0.3 is 9.84 Å². The molecule has 78 valence electrons. The third-order valence-corrected chi connectivity index (χ3v) is 2.11. The van der Waals surface area contributed by atoms with Crippen LogP contribution in [0.5, 0.6) is 0 Å². The molecule has 0 saturated carbocycles. The van der Waals surface area contributed by atoms with Crippen molar-refractivity contribution in [3.63, 3.8) is 0 Å². The molecule has 0 aromatic rings. The number of carbonyl (C=O) groups excluding carboxylic acids is 1. The third kappa shape index (κ3) is 4.88. The Kier molecular flexibility index (Phi) is 6.59. The molecule has 3 nitrogen and oxygen atoms in total. The number of rotatable bonds is 6. The van der Waals surface area contributed by atoms with E-state index in [1.807, 2.05) is 20.8 Å². The van der Waals surface area contributed by atoms with Crippen LogP contribution in [0.15, 0.2) is 0 Å². The second kappa shape index (κ2) is 6.89. The van der Waals surface area contributed by atoms with Gasteiger partial charge in [0.25, 0.3) is 0 Å². The summed E-state index contributed by atoms with van der Waals surface area (Å²) in [5.41, 5.74) is 0. The van der Waals surface area contributed by atoms with Crippen LogP contribution in [0.2, 0.25) is 0 Å². The van der Waals surface area contributed by atoms with Gasteiger partial charge in [-0.05, 0) is 12.8 Å². The Morgan fingerprint density at radius 3 is 2.23 bits per heavy atom. The van der Waals surface area contributed by atoms with Crippen molar-refractivity contribution in [3.05, 3.63) is 0 Å². The minimum atomic E-state index is -0.918. The summed E-state index contributed by atoms with van der Waals surface area (Å²) in [6.45, 7) is 5.83. The first kappa shape index (κ1) is 12.4. The summed E-state index contributed by atoms with van der Waals surface area (Å²) in [7, 11) is 0. The van der Waals surface area contributed by atoms with Crippen LogP contribution in [-0.4, -0.2) is 17.4 Å². The van der Waals surface area contributed by atoms with Gasteiger partial charge >= 0.3 is 5.97 Å². The topological polar surface area (TPSA) is 46.5 Å². The van der Waals surface area contributed by atoms with Crippen LogP contribution in [0, 0.1) is 5.92 Å². The molecule has 0 amide bonds. The molecule has 3 heteroatoms. The Hall–Kier alpha value is -0.570. The lowest BCUT2D eigenvalue weighted by atomic mass is 10.0. The molecule has 0 rings (SSSR count). The number of hydrogen-bond acceptors (Lipinski definition) is 3. The molecule has 0 spiro atoms. The van der Waals surface area contributed by atoms with Crippen molar-refractivity contribution in [2.75, 3.05) is 0 Å². The van der Waals surface area contributed by atoms with E-state index in [9.17, 15) is 9.90 Å². The second-order valence-corrected chi connectivity index (χ2v) is 3.19. The van der Waals surface area contributed by atoms with Gasteiger partial charge in [-0.25, -0.2) is 0 Å². The normalized spacial score (nSPS) is 13.0. The van der Waals surface area contributed by atoms with Crippen molar-refractivity contribution < 1.29 is 14.6 Å². The monoisotopic (exact) mass is 188 g/mol. The smallest absolute Gasteiger partial charge is 0.311 e. The van der Waals surface area contributed by atoms with E-state index in [1.165, 1.54) is 0 Å². The predicted molar refractivity (Wildman–Crippen MR) is 51.1 cm³/mol. The molecular formula is C10H20O3. The van der Waals surface area contributed by atoms with Crippen molar-refractivity contribution >= 4 is 5.97 Å². The average molecular weight is 188 g/mol. The number of aliphatic hydroxyl groups excluding tert-OH is 1. The van der Waals surface area contributed by atoms with Gasteiger partial charge in [-0.2, -0.15) is 0 Å². The van der Waals surface area contributed by atoms with Gasteiger partial charge in [-0.1, -0.05) is 27.2 Å². The molecule has 0 fully saturated rings. The van der Waals surface area contributed by atoms with Gasteiger partial charge in [0.15, 0.2) is 0 Å². The van der Waals surface area contributed by atoms with E-state index in [0.717, 1.165) is 19.3 Å². The molecule has 13 heavy (non-hydrogen) atoms. The maximum Gasteiger partial charge on any atom is 0.311 e. The SMILES string of the molecule is CCCC(O)OC(=O)C(CC)CC. The average Bonchev–Trinajstić information content (AvgIpc) is 2.06. The van der Waals surface area contributed by atoms with Gasteiger partial charge in [-0.3, -0.25) is 4.79 Å². The number of hydrogen-bond donors (Lipinski definition) is 1. The quantitative estimate of drug-likeness (QED) is 0.513. The van der Waals surface area contributed by atoms with E-state index in [0.29, 0.717) is 6.42 Å². The van der Waals surface area contributed by atoms with E-state index < -0.39 is 6.29 Å². The third-order valence-electron chi connectivity index (χ3n) is 2.11. The molecule has 0 aliphatic rings. The Labute approximate surface area is 80.1 Å². The summed E-state index contributed by atoms with van der Waals surface area (Å²) < 4.78 is 4.85. The zero-order valence-electron chi connectivity index (χ0n) is 8.75. The van der Waals surface area contributed by atoms with E-state index >= 15 is 0 Å². The maximum absolute atomic E-state index is 11.3. The lowest BCUT2D eigenvalue weighted by Gasteiger charge is -2.15. The van der Waals surface area contributed by atoms with Crippen LogP contribution in [0.25, 0.3) is 0 Å². The molecule has 0 bridgehead atoms. The Balaban J connectivity index is 3.83. The Morgan fingerprint density at radius 1 is 1.31 bits per heavy atom. The van der Waals surface area contributed by atoms with Gasteiger partial charge in [0, 0.05) is 6.42 Å². The van der Waals surface area contributed by atoms with Gasteiger partial charge in [0.2, 0.25) is 6.29 Å². The molecule has 0 aliphatic carbocycles. The van der Waals surface area contributed by atoms with Crippen molar-refractivity contribution in [3.8, 4) is 0 Å². The highest BCUT2D eigenvalue weighted by Crippen LogP contribution is 2.11. The number of esters is 1. The van der Waals surface area contributed by atoms with Crippen molar-refractivity contribution in [1.82, 2.24) is 0 Å². The fraction of sp³-hybridized carbons (Fsp3) is 0.900. The highest BCUT2D eigenvalue weighted by atomic mass is 16.6. The molecule has 1 N–H and O–H groups in total. The maximum atomic E-state index is 11.3. The fourth-order valence-electron chi connectivity index (χ4n) is 1.16. The minimum Gasteiger partial charge on any atom is -0.436 e. The zero-order valence-corrected chi connectivity index (χ0v) is 8.75. The lowest BCUT2D eigenvalue weighted by molar-refractivity contribution is -0.173. The lowest BCUT2D eigenvalue weighted by Crippen LogP contribution is -2.23. The highest BCUT2D eigenvalue weighted by molar-refractivity contribution is 5.72. The van der Waals surface area contributed by atoms with Crippen LogP contribution in [-0.2, 0) is 9.53 Å². The molecule has 0 aromatic heterocycles. The van der Waals surface area contributed by atoms with E-state index in [4.69, 9.17) is 4.74 Å². The molecular weight excluding hydrogens is 168 g/mol. The van der Waals surface area contributed by atoms with Crippen molar-refractivity contribution in [2.24, 2.45) is 5.92 Å². The van der Waals surface area contributed by atoms with Gasteiger partial charge in [0.05, 0.1) is 5.92 Å². The standard InChI is InChI=1S/C10H20O3/c1-4-7-9(11)13-10(12)8(5-2)6-3/h8-9,11H,4-7H2,1-3H3. The molecule has 1 unspecified atom stereocenters. The van der Waals surface area contributed by atoms with Gasteiger partial charge in [-0.15, -0.1) is 0 Å². The first-order valence-corrected chi connectivity index (χ1v) is 5.04. The largest absolute Gasteiger partial charge is 0.436 e. The Morgan fingerprint density at radius 2 is 1.85 bits per heavy atom. The van der Waals surface area contributed by atoms with Gasteiger partial charge in [0.1, 0.15) is 0 Å². The minimum absolute atomic E-state index is 0.0634. The fourth-order valence-corrected chi connectivity index (χ4v) is 1.16. The molecule has 0 aromatic carbocycles. The molecule has 0 aliphatic heterocycles. The van der Waals surface area contributed by atoms with E-state index in [2.05, 4.69) is 0 Å². The van der Waals surface area contributed by atoms with Crippen LogP contribution in [0.4, 0.5) is 0 Å². The summed E-state index contributed by atoms with van der Waals surface area (Å²) in [5.74, 6) is -0.336. The zero-order chi connectivity index (χ0) is 10.3. The summed E-state index contributed by atoms with van der Waals surface area (Å²) in [6.07, 6.45) is 1.96. The summed E-state index contributed by atoms with van der Waals surface area (Å²) in [6, 6.07) is 0. The first-order valence-electron chi connectivity index (χ1n) is 5.04. The number of aliphatic hydroxyl groups is 1. The van der Waals surface area contributed by atoms with Crippen LogP contribution in [0.3, 0.4) is 0 Å². The summed E-state index contributed by atoms with van der Waals surface area (Å²) in [4.78, 5) is 11.3. The predicted octanol–water partition coefficient (Wildman–Crippen LogP) is 2.08. The van der Waals surface area contributed by atoms with Crippen LogP contribution >= 0.6 is 0 Å². The highest BCUT2D eigenvalue weighted by Gasteiger charge is 2.18. The molecule has 1 atom stereocenters. The summed E-state index contributed by atoms with van der Waals surface area (Å²) >= 11 is 0. The second-order valence-electron chi connectivity index (χ2n) is 3.19. The van der Waals surface area contributed by atoms with Crippen molar-refractivity contribution in [2.45, 2.75) is 52.7 Å². The Bertz CT molecular complexity index is 141. The summed E-state index contributed by atoms with van der Waals surface area (Å²) in [5, 5.41) is 9.22. The van der Waals surface area contributed by atoms with Crippen LogP contribution < -0.4 is 0 Å². The number of ether oxygens (including phenoxy) is 1. The molecule has 0 radical (unpaired) electrons. The van der Waals surface area contributed by atoms with E-state index in [1.54, 1.807) is 0 Å². The first-order chi connectivity index (χ1) is 6.15. The number of carbonyl (C=O) groups is 1.